The minimum atomic E-state index is -0.950. The monoisotopic (exact) mass is 536 g/mol. The molecule has 0 aromatic heterocycles. The molecule has 1 aromatic rings. The number of amides is 2. The largest absolute Gasteiger partial charge is 0.467 e. The number of carbonyl (C=O) groups excluding carboxylic acids is 3. The van der Waals surface area contributed by atoms with Crippen LogP contribution in [0, 0.1) is 0 Å². The van der Waals surface area contributed by atoms with Gasteiger partial charge >= 0.3 is 12.1 Å². The Bertz CT molecular complexity index is 911. The van der Waals surface area contributed by atoms with Crippen molar-refractivity contribution in [3.63, 3.8) is 0 Å². The zero-order valence-corrected chi connectivity index (χ0v) is 22.2. The molecule has 13 heteroatoms. The molecule has 1 rings (SSSR count). The van der Waals surface area contributed by atoms with E-state index in [2.05, 4.69) is 20.6 Å². The van der Waals surface area contributed by atoms with Gasteiger partial charge in [0.2, 0.25) is 5.91 Å². The number of aliphatic imine (C=N–C) groups is 2. The van der Waals surface area contributed by atoms with E-state index >= 15 is 0 Å². The van der Waals surface area contributed by atoms with Gasteiger partial charge in [-0.1, -0.05) is 30.3 Å². The minimum Gasteiger partial charge on any atom is -0.467 e. The molecule has 2 unspecified atom stereocenters. The summed E-state index contributed by atoms with van der Waals surface area (Å²) in [6, 6.07) is 7.28. The third kappa shape index (κ3) is 14.1. The van der Waals surface area contributed by atoms with Crippen LogP contribution in [0.2, 0.25) is 0 Å². The van der Waals surface area contributed by atoms with Crippen LogP contribution in [0.25, 0.3) is 0 Å². The van der Waals surface area contributed by atoms with E-state index < -0.39 is 30.1 Å². The molecular formula is C25H40N6O7. The van der Waals surface area contributed by atoms with Crippen molar-refractivity contribution < 1.29 is 34.3 Å². The first kappa shape index (κ1) is 32.3. The normalized spacial score (nSPS) is 13.2. The maximum Gasteiger partial charge on any atom is 0.408 e. The molecule has 38 heavy (non-hydrogen) atoms. The standard InChI is InChI=1S/C25H40N6O7/c1-18(30-35)26-15-9-7-13-21(29-25(34)38-17-20-11-5-4-6-12-20)23(32)28-22(24(33)37-3)14-8-10-16-27-19(2)31-36/h4-6,11-12,21-22,35-36H,7-10,13-17H2,1-3H3,(H,26,30)(H,27,31)(H,28,32)(H,29,34). The molecule has 0 spiro atoms. The fourth-order valence-electron chi connectivity index (χ4n) is 3.32. The average molecular weight is 537 g/mol. The SMILES string of the molecule is COC(=O)C(CCCCN=C(C)NO)NC(=O)C(CCCCN=C(C)NO)NC(=O)OCc1ccccc1. The van der Waals surface area contributed by atoms with Gasteiger partial charge in [-0.15, -0.1) is 0 Å². The van der Waals surface area contributed by atoms with Crippen LogP contribution in [0.15, 0.2) is 40.3 Å². The number of methoxy groups -OCH3 is 1. The molecule has 6 N–H and O–H groups in total. The van der Waals surface area contributed by atoms with Crippen LogP contribution in [0.3, 0.4) is 0 Å². The molecule has 0 radical (unpaired) electrons. The molecule has 0 aliphatic carbocycles. The molecule has 1 aromatic carbocycles. The first-order chi connectivity index (χ1) is 18.3. The lowest BCUT2D eigenvalue weighted by Crippen LogP contribution is -2.51. The molecule has 0 fully saturated rings. The Balaban J connectivity index is 2.76. The summed E-state index contributed by atoms with van der Waals surface area (Å²) in [4.78, 5) is 46.1. The maximum absolute atomic E-state index is 13.1. The number of alkyl carbamates (subject to hydrolysis) is 1. The first-order valence-corrected chi connectivity index (χ1v) is 12.5. The number of benzene rings is 1. The Kier molecular flexibility index (Phi) is 16.5. The van der Waals surface area contributed by atoms with E-state index in [1.807, 2.05) is 41.3 Å². The molecule has 212 valence electrons. The third-order valence-corrected chi connectivity index (χ3v) is 5.45. The highest BCUT2D eigenvalue weighted by molar-refractivity contribution is 5.89. The Hall–Kier alpha value is -3.71. The summed E-state index contributed by atoms with van der Waals surface area (Å²) in [5, 5.41) is 22.9. The van der Waals surface area contributed by atoms with E-state index in [0.717, 1.165) is 5.56 Å². The van der Waals surface area contributed by atoms with Gasteiger partial charge < -0.3 is 20.1 Å². The first-order valence-electron chi connectivity index (χ1n) is 12.5. The van der Waals surface area contributed by atoms with Gasteiger partial charge in [-0.05, 0) is 57.9 Å². The second kappa shape index (κ2) is 19.4. The number of ether oxygens (including phenoxy) is 2. The molecule has 0 saturated carbocycles. The van der Waals surface area contributed by atoms with Crippen LogP contribution in [0.5, 0.6) is 0 Å². The summed E-state index contributed by atoms with van der Waals surface area (Å²) in [5.74, 6) is -0.380. The van der Waals surface area contributed by atoms with Crippen molar-refractivity contribution in [1.29, 1.82) is 0 Å². The Labute approximate surface area is 223 Å². The van der Waals surface area contributed by atoms with Crippen LogP contribution < -0.4 is 21.6 Å². The topological polar surface area (TPSA) is 183 Å². The van der Waals surface area contributed by atoms with Crippen molar-refractivity contribution >= 4 is 29.6 Å². The quantitative estimate of drug-likeness (QED) is 0.0605. The number of amidine groups is 2. The lowest BCUT2D eigenvalue weighted by molar-refractivity contribution is -0.145. The summed E-state index contributed by atoms with van der Waals surface area (Å²) in [6.07, 6.45) is 2.17. The van der Waals surface area contributed by atoms with Gasteiger partial charge in [0.05, 0.1) is 7.11 Å². The highest BCUT2D eigenvalue weighted by Gasteiger charge is 2.27. The Morgan fingerprint density at radius 2 is 1.39 bits per heavy atom. The number of hydroxylamine groups is 2. The summed E-state index contributed by atoms with van der Waals surface area (Å²) in [6.45, 7) is 4.13. The predicted molar refractivity (Wildman–Crippen MR) is 141 cm³/mol. The molecule has 0 bridgehead atoms. The minimum absolute atomic E-state index is 0.0434. The van der Waals surface area contributed by atoms with Gasteiger partial charge in [0.25, 0.3) is 0 Å². The van der Waals surface area contributed by atoms with E-state index in [4.69, 9.17) is 19.9 Å². The fourth-order valence-corrected chi connectivity index (χ4v) is 3.32. The molecule has 0 aliphatic rings. The fraction of sp³-hybridized carbons (Fsp3) is 0.560. The van der Waals surface area contributed by atoms with E-state index in [9.17, 15) is 14.4 Å². The number of rotatable bonds is 16. The van der Waals surface area contributed by atoms with Gasteiger partial charge in [-0.2, -0.15) is 0 Å². The van der Waals surface area contributed by atoms with E-state index in [1.54, 1.807) is 13.8 Å². The number of nitrogens with one attached hydrogen (secondary N) is 4. The van der Waals surface area contributed by atoms with E-state index in [-0.39, 0.29) is 13.0 Å². The van der Waals surface area contributed by atoms with E-state index in [0.29, 0.717) is 56.9 Å². The zero-order valence-electron chi connectivity index (χ0n) is 22.2. The number of carbonyl (C=O) groups is 3. The lowest BCUT2D eigenvalue weighted by atomic mass is 10.1. The zero-order chi connectivity index (χ0) is 28.2. The van der Waals surface area contributed by atoms with Gasteiger partial charge in [0.15, 0.2) is 0 Å². The Morgan fingerprint density at radius 3 is 1.92 bits per heavy atom. The second-order valence-electron chi connectivity index (χ2n) is 8.49. The van der Waals surface area contributed by atoms with Gasteiger partial charge in [-0.25, -0.2) is 9.59 Å². The smallest absolute Gasteiger partial charge is 0.408 e. The van der Waals surface area contributed by atoms with Crippen molar-refractivity contribution in [3.8, 4) is 0 Å². The van der Waals surface area contributed by atoms with Gasteiger partial charge in [-0.3, -0.25) is 36.2 Å². The molecule has 0 saturated heterocycles. The summed E-state index contributed by atoms with van der Waals surface area (Å²) in [5.41, 5.74) is 4.70. The van der Waals surface area contributed by atoms with Gasteiger partial charge in [0, 0.05) is 13.1 Å². The van der Waals surface area contributed by atoms with Crippen molar-refractivity contribution in [1.82, 2.24) is 21.6 Å². The van der Waals surface area contributed by atoms with Crippen molar-refractivity contribution in [2.45, 2.75) is 71.1 Å². The summed E-state index contributed by atoms with van der Waals surface area (Å²) < 4.78 is 10.1. The number of unbranched alkanes of at least 4 members (excludes halogenated alkanes) is 2. The van der Waals surface area contributed by atoms with Crippen LogP contribution in [-0.2, 0) is 25.7 Å². The molecule has 0 heterocycles. The molecular weight excluding hydrogens is 496 g/mol. The van der Waals surface area contributed by atoms with Crippen LogP contribution in [0.1, 0.15) is 57.9 Å². The van der Waals surface area contributed by atoms with Crippen LogP contribution in [-0.4, -0.2) is 72.3 Å². The molecule has 13 nitrogen and oxygen atoms in total. The van der Waals surface area contributed by atoms with Crippen LogP contribution >= 0.6 is 0 Å². The highest BCUT2D eigenvalue weighted by Crippen LogP contribution is 2.08. The average Bonchev–Trinajstić information content (AvgIpc) is 2.93. The van der Waals surface area contributed by atoms with E-state index in [1.165, 1.54) is 7.11 Å². The second-order valence-corrected chi connectivity index (χ2v) is 8.49. The maximum atomic E-state index is 13.1. The highest BCUT2D eigenvalue weighted by atomic mass is 16.5. The van der Waals surface area contributed by atoms with Crippen LogP contribution in [0.4, 0.5) is 4.79 Å². The van der Waals surface area contributed by atoms with Gasteiger partial charge in [0.1, 0.15) is 30.4 Å². The van der Waals surface area contributed by atoms with Crippen molar-refractivity contribution in [2.24, 2.45) is 9.98 Å². The molecule has 0 aliphatic heterocycles. The third-order valence-electron chi connectivity index (χ3n) is 5.45. The summed E-state index contributed by atoms with van der Waals surface area (Å²) >= 11 is 0. The number of esters is 1. The molecule has 2 atom stereocenters. The number of hydrogen-bond donors (Lipinski definition) is 6. The van der Waals surface area contributed by atoms with Crippen molar-refractivity contribution in [3.05, 3.63) is 35.9 Å². The number of hydrogen-bond acceptors (Lipinski definition) is 9. The predicted octanol–water partition coefficient (Wildman–Crippen LogP) is 2.07. The lowest BCUT2D eigenvalue weighted by Gasteiger charge is -2.22. The summed E-state index contributed by atoms with van der Waals surface area (Å²) in [7, 11) is 1.24. The van der Waals surface area contributed by atoms with Crippen molar-refractivity contribution in [2.75, 3.05) is 20.2 Å². The molecule has 2 amide bonds. The number of nitrogens with zero attached hydrogens (tertiary/aromatic N) is 2. The Morgan fingerprint density at radius 1 is 0.842 bits per heavy atom.